The van der Waals surface area contributed by atoms with Gasteiger partial charge in [0.2, 0.25) is 5.91 Å². The van der Waals surface area contributed by atoms with Crippen molar-refractivity contribution < 1.29 is 14.3 Å². The zero-order valence-electron chi connectivity index (χ0n) is 15.9. The number of rotatable bonds is 1. The van der Waals surface area contributed by atoms with Gasteiger partial charge in [0.05, 0.1) is 30.4 Å². The van der Waals surface area contributed by atoms with Gasteiger partial charge in [0.1, 0.15) is 11.3 Å². The molecule has 0 aromatic heterocycles. The Bertz CT molecular complexity index is 619. The number of nitrogens with one attached hydrogen (secondary N) is 3. The maximum atomic E-state index is 14.6. The third-order valence-electron chi connectivity index (χ3n) is 6.35. The lowest BCUT2D eigenvalue weighted by Gasteiger charge is -2.47. The molecule has 4 aliphatic rings. The molecule has 0 radical (unpaired) electrons. The topological polar surface area (TPSA) is 79.9 Å². The standard InChI is InChI=1S/C18H30FN5O2S/c1-18(26)8-4-5-11(19)10-23-16(25)12-9-20-17(27-2)22-15(12)24(23)14-7-3-6-13(18)21-14/h5,12-15,17,20-22,26H,3-4,6-10H2,1-2H3/b11-5-/t12?,13?,14?,15?,17?,18-/m1/s1. The van der Waals surface area contributed by atoms with Crippen molar-refractivity contribution in [2.45, 2.75) is 68.5 Å². The van der Waals surface area contributed by atoms with Crippen LogP contribution in [0.3, 0.4) is 0 Å². The second-order valence-electron chi connectivity index (χ2n) is 8.23. The lowest BCUT2D eigenvalue weighted by Crippen LogP contribution is -2.67. The van der Waals surface area contributed by atoms with E-state index in [-0.39, 0.29) is 48.1 Å². The first kappa shape index (κ1) is 19.6. The van der Waals surface area contributed by atoms with Gasteiger partial charge >= 0.3 is 0 Å². The Balaban J connectivity index is 1.68. The van der Waals surface area contributed by atoms with Gasteiger partial charge in [0.15, 0.2) is 0 Å². The number of hydrazine groups is 1. The number of hydrogen-bond donors (Lipinski definition) is 4. The summed E-state index contributed by atoms with van der Waals surface area (Å²) >= 11 is 1.65. The summed E-state index contributed by atoms with van der Waals surface area (Å²) in [6.45, 7) is 2.37. The highest BCUT2D eigenvalue weighted by molar-refractivity contribution is 7.99. The number of fused-ring (bicyclic) bond motifs is 6. The minimum atomic E-state index is -0.906. The Hall–Kier alpha value is -0.710. The van der Waals surface area contributed by atoms with Crippen molar-refractivity contribution in [3.8, 4) is 0 Å². The summed E-state index contributed by atoms with van der Waals surface area (Å²) in [5.74, 6) is -0.599. The average molecular weight is 400 g/mol. The van der Waals surface area contributed by atoms with Gasteiger partial charge in [-0.3, -0.25) is 25.8 Å². The fraction of sp³-hybridized carbons (Fsp3) is 0.833. The first-order valence-corrected chi connectivity index (χ1v) is 11.1. The van der Waals surface area contributed by atoms with E-state index in [2.05, 4.69) is 16.0 Å². The molecule has 152 valence electrons. The molecule has 0 saturated carbocycles. The number of carbonyl (C=O) groups is 1. The third kappa shape index (κ3) is 3.65. The fourth-order valence-electron chi connectivity index (χ4n) is 4.80. The molecule has 4 aliphatic heterocycles. The summed E-state index contributed by atoms with van der Waals surface area (Å²) in [4.78, 5) is 13.1. The van der Waals surface area contributed by atoms with Crippen LogP contribution in [0.25, 0.3) is 0 Å². The van der Waals surface area contributed by atoms with Crippen LogP contribution in [-0.2, 0) is 4.79 Å². The number of nitrogens with zero attached hydrogens (tertiary/aromatic N) is 2. The quantitative estimate of drug-likeness (QED) is 0.517. The maximum Gasteiger partial charge on any atom is 0.244 e. The second-order valence-corrected chi connectivity index (χ2v) is 9.17. The summed E-state index contributed by atoms with van der Waals surface area (Å²) in [5.41, 5.74) is -0.850. The van der Waals surface area contributed by atoms with Gasteiger partial charge in [-0.25, -0.2) is 4.39 Å². The van der Waals surface area contributed by atoms with Gasteiger partial charge in [0, 0.05) is 12.6 Å². The number of aliphatic hydroxyl groups is 1. The Morgan fingerprint density at radius 3 is 2.96 bits per heavy atom. The average Bonchev–Trinajstić information content (AvgIpc) is 2.92. The molecule has 4 rings (SSSR count). The predicted molar refractivity (Wildman–Crippen MR) is 103 cm³/mol. The molecule has 1 amide bonds. The molecule has 0 aromatic rings. The summed E-state index contributed by atoms with van der Waals surface area (Å²) in [6.07, 6.45) is 6.94. The first-order chi connectivity index (χ1) is 12.9. The van der Waals surface area contributed by atoms with E-state index in [9.17, 15) is 14.3 Å². The van der Waals surface area contributed by atoms with Crippen LogP contribution in [0.1, 0.15) is 39.0 Å². The zero-order valence-corrected chi connectivity index (χ0v) is 16.8. The zero-order chi connectivity index (χ0) is 19.2. The number of thioether (sulfide) groups is 1. The highest BCUT2D eigenvalue weighted by Crippen LogP contribution is 2.35. The van der Waals surface area contributed by atoms with Crippen molar-refractivity contribution >= 4 is 17.7 Å². The number of piperidine rings is 1. The molecule has 7 nitrogen and oxygen atoms in total. The van der Waals surface area contributed by atoms with Crippen molar-refractivity contribution in [1.82, 2.24) is 26.0 Å². The Kier molecular flexibility index (Phi) is 5.52. The predicted octanol–water partition coefficient (Wildman–Crippen LogP) is 0.694. The number of allylic oxidation sites excluding steroid dienone is 1. The molecule has 3 saturated heterocycles. The van der Waals surface area contributed by atoms with E-state index in [4.69, 9.17) is 0 Å². The van der Waals surface area contributed by atoms with E-state index < -0.39 is 5.60 Å². The van der Waals surface area contributed by atoms with Crippen LogP contribution < -0.4 is 16.0 Å². The van der Waals surface area contributed by atoms with E-state index >= 15 is 0 Å². The number of hydrogen-bond acceptors (Lipinski definition) is 7. The van der Waals surface area contributed by atoms with E-state index in [1.807, 2.05) is 18.2 Å². The van der Waals surface area contributed by atoms with Crippen molar-refractivity contribution in [1.29, 1.82) is 0 Å². The van der Waals surface area contributed by atoms with Gasteiger partial charge in [-0.15, -0.1) is 11.8 Å². The summed E-state index contributed by atoms with van der Waals surface area (Å²) in [6, 6.07) is -0.0696. The molecular formula is C18H30FN5O2S. The summed E-state index contributed by atoms with van der Waals surface area (Å²) in [5, 5.41) is 25.0. The molecule has 5 unspecified atom stereocenters. The lowest BCUT2D eigenvalue weighted by molar-refractivity contribution is -0.147. The molecule has 9 heteroatoms. The number of halogens is 1. The number of amides is 1. The van der Waals surface area contributed by atoms with Crippen molar-refractivity contribution in [3.05, 3.63) is 11.9 Å². The van der Waals surface area contributed by atoms with Crippen LogP contribution in [0.4, 0.5) is 4.39 Å². The van der Waals surface area contributed by atoms with Gasteiger partial charge in [-0.2, -0.15) is 5.01 Å². The molecule has 0 aliphatic carbocycles. The van der Waals surface area contributed by atoms with Crippen LogP contribution in [-0.4, -0.2) is 69.8 Å². The normalized spacial score (nSPS) is 45.5. The Morgan fingerprint density at radius 1 is 1.37 bits per heavy atom. The smallest absolute Gasteiger partial charge is 0.244 e. The van der Waals surface area contributed by atoms with Crippen molar-refractivity contribution in [3.63, 3.8) is 0 Å². The molecule has 0 spiro atoms. The molecule has 2 bridgehead atoms. The van der Waals surface area contributed by atoms with Gasteiger partial charge in [-0.05, 0) is 45.3 Å². The van der Waals surface area contributed by atoms with Gasteiger partial charge in [-0.1, -0.05) is 6.08 Å². The molecule has 3 fully saturated rings. The van der Waals surface area contributed by atoms with Crippen molar-refractivity contribution in [2.75, 3.05) is 19.3 Å². The molecule has 27 heavy (non-hydrogen) atoms. The van der Waals surface area contributed by atoms with Gasteiger partial charge in [0.25, 0.3) is 0 Å². The highest BCUT2D eigenvalue weighted by Gasteiger charge is 2.53. The van der Waals surface area contributed by atoms with E-state index in [1.54, 1.807) is 16.8 Å². The van der Waals surface area contributed by atoms with Crippen molar-refractivity contribution in [2.24, 2.45) is 5.92 Å². The summed E-state index contributed by atoms with van der Waals surface area (Å²) in [7, 11) is 0. The van der Waals surface area contributed by atoms with E-state index in [1.165, 1.54) is 6.08 Å². The van der Waals surface area contributed by atoms with Crippen LogP contribution >= 0.6 is 11.8 Å². The Labute approximate surface area is 164 Å². The minimum Gasteiger partial charge on any atom is -0.389 e. The largest absolute Gasteiger partial charge is 0.389 e. The van der Waals surface area contributed by atoms with Crippen LogP contribution in [0, 0.1) is 5.92 Å². The fourth-order valence-corrected chi connectivity index (χ4v) is 5.34. The summed E-state index contributed by atoms with van der Waals surface area (Å²) < 4.78 is 14.6. The van der Waals surface area contributed by atoms with Crippen LogP contribution in [0.2, 0.25) is 0 Å². The monoisotopic (exact) mass is 399 g/mol. The molecule has 6 atom stereocenters. The second kappa shape index (κ2) is 7.61. The van der Waals surface area contributed by atoms with Crippen LogP contribution in [0.15, 0.2) is 11.9 Å². The Morgan fingerprint density at radius 2 is 2.19 bits per heavy atom. The highest BCUT2D eigenvalue weighted by atomic mass is 32.2. The maximum absolute atomic E-state index is 14.6. The molecular weight excluding hydrogens is 369 g/mol. The molecule has 0 aromatic carbocycles. The SMILES string of the molecule is CSC1NCC2C(=O)N3C/C(F)=C/CC[C@@](C)(O)C4CCCC(N4)N3C2N1. The van der Waals surface area contributed by atoms with E-state index in [0.29, 0.717) is 19.4 Å². The number of carbonyl (C=O) groups excluding carboxylic acids is 1. The molecule has 4 N–H and O–H groups in total. The van der Waals surface area contributed by atoms with Gasteiger partial charge < -0.3 is 5.11 Å². The van der Waals surface area contributed by atoms with E-state index in [0.717, 1.165) is 19.3 Å². The van der Waals surface area contributed by atoms with Crippen LogP contribution in [0.5, 0.6) is 0 Å². The minimum absolute atomic E-state index is 0.0392. The lowest BCUT2D eigenvalue weighted by atomic mass is 9.85. The third-order valence-corrected chi connectivity index (χ3v) is 7.12. The molecule has 4 heterocycles. The first-order valence-electron chi connectivity index (χ1n) is 9.85.